The van der Waals surface area contributed by atoms with E-state index in [0.29, 0.717) is 17.9 Å². The summed E-state index contributed by atoms with van der Waals surface area (Å²) in [5.41, 5.74) is 0.607. The van der Waals surface area contributed by atoms with Crippen LogP contribution in [0.4, 0.5) is 4.39 Å². The van der Waals surface area contributed by atoms with E-state index in [4.69, 9.17) is 4.74 Å². The van der Waals surface area contributed by atoms with E-state index < -0.39 is 12.7 Å². The van der Waals surface area contributed by atoms with Crippen molar-refractivity contribution in [3.63, 3.8) is 0 Å². The van der Waals surface area contributed by atoms with Gasteiger partial charge in [0.15, 0.2) is 11.5 Å². The molecule has 1 saturated heterocycles. The van der Waals surface area contributed by atoms with E-state index in [1.54, 1.807) is 18.2 Å². The highest BCUT2D eigenvalue weighted by atomic mass is 35.5. The number of phenols is 1. The van der Waals surface area contributed by atoms with Crippen LogP contribution in [0.25, 0.3) is 0 Å². The van der Waals surface area contributed by atoms with Gasteiger partial charge >= 0.3 is 0 Å². The Morgan fingerprint density at radius 3 is 2.70 bits per heavy atom. The number of para-hydroxylation sites is 1. The van der Waals surface area contributed by atoms with E-state index in [9.17, 15) is 9.50 Å². The maximum absolute atomic E-state index is 13.4. The van der Waals surface area contributed by atoms with Crippen LogP contribution in [0, 0.1) is 0 Å². The molecular weight excluding hydrogens is 283 g/mol. The monoisotopic (exact) mass is 304 g/mol. The lowest BCUT2D eigenvalue weighted by molar-refractivity contribution is 0.144. The number of piperazine rings is 1. The Morgan fingerprint density at radius 1 is 1.40 bits per heavy atom. The molecule has 1 aliphatic heterocycles. The van der Waals surface area contributed by atoms with Crippen LogP contribution >= 0.6 is 12.4 Å². The predicted molar refractivity (Wildman–Crippen MR) is 79.7 cm³/mol. The summed E-state index contributed by atoms with van der Waals surface area (Å²) in [4.78, 5) is 2.06. The zero-order valence-corrected chi connectivity index (χ0v) is 12.5. The van der Waals surface area contributed by atoms with Gasteiger partial charge in [0.25, 0.3) is 0 Å². The third kappa shape index (κ3) is 3.75. The fraction of sp³-hybridized carbons (Fsp3) is 0.571. The minimum Gasteiger partial charge on any atom is -0.504 e. The van der Waals surface area contributed by atoms with Crippen LogP contribution in [0.5, 0.6) is 11.5 Å². The second-order valence-electron chi connectivity index (χ2n) is 4.58. The summed E-state index contributed by atoms with van der Waals surface area (Å²) in [6.45, 7) is 5.09. The average molecular weight is 305 g/mol. The number of nitrogens with one attached hydrogen (secondary N) is 1. The van der Waals surface area contributed by atoms with E-state index in [0.717, 1.165) is 26.2 Å². The molecule has 1 atom stereocenters. The van der Waals surface area contributed by atoms with Crippen LogP contribution in [-0.4, -0.2) is 49.5 Å². The van der Waals surface area contributed by atoms with Gasteiger partial charge in [0.05, 0.1) is 12.6 Å². The van der Waals surface area contributed by atoms with Gasteiger partial charge in [-0.2, -0.15) is 0 Å². The van der Waals surface area contributed by atoms with Gasteiger partial charge in [0.2, 0.25) is 0 Å². The highest BCUT2D eigenvalue weighted by molar-refractivity contribution is 5.85. The molecule has 0 amide bonds. The Kier molecular flexibility index (Phi) is 7.05. The molecule has 114 valence electrons. The largest absolute Gasteiger partial charge is 0.504 e. The first-order chi connectivity index (χ1) is 9.27. The molecular formula is C14H22ClFN2O2. The number of phenolic OH excluding ortho intramolecular Hbond substituents is 1. The van der Waals surface area contributed by atoms with Gasteiger partial charge in [0.1, 0.15) is 6.67 Å². The number of alkyl halides is 1. The molecule has 0 unspecified atom stereocenters. The van der Waals surface area contributed by atoms with Crippen LogP contribution in [0.3, 0.4) is 0 Å². The molecule has 2 rings (SSSR count). The summed E-state index contributed by atoms with van der Waals surface area (Å²) < 4.78 is 18.8. The second kappa shape index (κ2) is 8.29. The van der Waals surface area contributed by atoms with Crippen LogP contribution in [0.1, 0.15) is 18.5 Å². The molecule has 1 aliphatic rings. The van der Waals surface area contributed by atoms with E-state index in [2.05, 4.69) is 10.2 Å². The number of benzene rings is 1. The predicted octanol–water partition coefficient (Wildman–Crippen LogP) is 2.13. The fourth-order valence-corrected chi connectivity index (χ4v) is 2.45. The topological polar surface area (TPSA) is 44.7 Å². The maximum atomic E-state index is 13.4. The van der Waals surface area contributed by atoms with Gasteiger partial charge < -0.3 is 15.2 Å². The SMILES string of the molecule is CCOc1cccc([C@@H](CF)N2CCNCC2)c1O.Cl. The number of aromatic hydroxyl groups is 1. The Balaban J connectivity index is 0.00000200. The van der Waals surface area contributed by atoms with Crippen LogP contribution in [-0.2, 0) is 0 Å². The minimum atomic E-state index is -0.511. The van der Waals surface area contributed by atoms with E-state index in [1.165, 1.54) is 0 Å². The van der Waals surface area contributed by atoms with Crippen molar-refractivity contribution in [3.8, 4) is 11.5 Å². The van der Waals surface area contributed by atoms with E-state index in [-0.39, 0.29) is 18.2 Å². The second-order valence-corrected chi connectivity index (χ2v) is 4.58. The first-order valence-corrected chi connectivity index (χ1v) is 6.73. The first-order valence-electron chi connectivity index (χ1n) is 6.73. The van der Waals surface area contributed by atoms with Crippen molar-refractivity contribution in [2.75, 3.05) is 39.5 Å². The van der Waals surface area contributed by atoms with Gasteiger partial charge in [0, 0.05) is 31.7 Å². The smallest absolute Gasteiger partial charge is 0.162 e. The number of halogens is 2. The molecule has 20 heavy (non-hydrogen) atoms. The Labute approximate surface area is 125 Å². The van der Waals surface area contributed by atoms with Crippen molar-refractivity contribution < 1.29 is 14.2 Å². The lowest BCUT2D eigenvalue weighted by Gasteiger charge is -2.34. The summed E-state index contributed by atoms with van der Waals surface area (Å²) in [5, 5.41) is 13.5. The number of hydrogen-bond acceptors (Lipinski definition) is 4. The maximum Gasteiger partial charge on any atom is 0.162 e. The van der Waals surface area contributed by atoms with Crippen LogP contribution in [0.15, 0.2) is 18.2 Å². The molecule has 0 aliphatic carbocycles. The number of nitrogens with zero attached hydrogens (tertiary/aromatic N) is 1. The lowest BCUT2D eigenvalue weighted by atomic mass is 10.0. The summed E-state index contributed by atoms with van der Waals surface area (Å²) in [6.07, 6.45) is 0. The molecule has 1 heterocycles. The Morgan fingerprint density at radius 2 is 2.10 bits per heavy atom. The normalized spacial score (nSPS) is 17.3. The number of ether oxygens (including phenoxy) is 1. The highest BCUT2D eigenvalue weighted by Crippen LogP contribution is 2.36. The molecule has 1 aromatic carbocycles. The van der Waals surface area contributed by atoms with Crippen molar-refractivity contribution in [2.45, 2.75) is 13.0 Å². The Hall–Kier alpha value is -1.04. The number of rotatable bonds is 5. The zero-order valence-electron chi connectivity index (χ0n) is 11.6. The molecule has 0 aromatic heterocycles. The summed E-state index contributed by atoms with van der Waals surface area (Å²) in [7, 11) is 0. The minimum absolute atomic E-state index is 0. The molecule has 1 aromatic rings. The lowest BCUT2D eigenvalue weighted by Crippen LogP contribution is -2.45. The summed E-state index contributed by atoms with van der Waals surface area (Å²) in [5.74, 6) is 0.485. The van der Waals surface area contributed by atoms with Crippen molar-refractivity contribution in [2.24, 2.45) is 0 Å². The average Bonchev–Trinajstić information content (AvgIpc) is 2.45. The van der Waals surface area contributed by atoms with Gasteiger partial charge in [-0.1, -0.05) is 12.1 Å². The molecule has 1 fully saturated rings. The van der Waals surface area contributed by atoms with Crippen molar-refractivity contribution in [3.05, 3.63) is 23.8 Å². The van der Waals surface area contributed by atoms with Crippen LogP contribution in [0.2, 0.25) is 0 Å². The Bertz CT molecular complexity index is 414. The highest BCUT2D eigenvalue weighted by Gasteiger charge is 2.25. The third-order valence-electron chi connectivity index (χ3n) is 3.43. The third-order valence-corrected chi connectivity index (χ3v) is 3.43. The van der Waals surface area contributed by atoms with Gasteiger partial charge in [-0.05, 0) is 13.0 Å². The van der Waals surface area contributed by atoms with Gasteiger partial charge in [-0.25, -0.2) is 4.39 Å². The molecule has 4 nitrogen and oxygen atoms in total. The van der Waals surface area contributed by atoms with E-state index in [1.807, 2.05) is 6.92 Å². The summed E-state index contributed by atoms with van der Waals surface area (Å²) >= 11 is 0. The molecule has 6 heteroatoms. The van der Waals surface area contributed by atoms with Crippen LogP contribution < -0.4 is 10.1 Å². The summed E-state index contributed by atoms with van der Waals surface area (Å²) in [6, 6.07) is 4.87. The van der Waals surface area contributed by atoms with Crippen molar-refractivity contribution in [1.29, 1.82) is 0 Å². The number of hydrogen-bond donors (Lipinski definition) is 2. The van der Waals surface area contributed by atoms with Crippen molar-refractivity contribution in [1.82, 2.24) is 10.2 Å². The first kappa shape index (κ1) is 17.0. The van der Waals surface area contributed by atoms with Gasteiger partial charge in [-0.3, -0.25) is 4.90 Å². The molecule has 0 spiro atoms. The van der Waals surface area contributed by atoms with E-state index >= 15 is 0 Å². The molecule has 2 N–H and O–H groups in total. The van der Waals surface area contributed by atoms with Gasteiger partial charge in [-0.15, -0.1) is 12.4 Å². The molecule has 0 radical (unpaired) electrons. The standard InChI is InChI=1S/C14H21FN2O2.ClH/c1-2-19-13-5-3-4-11(14(13)18)12(10-15)17-8-6-16-7-9-17;/h3-5,12,16,18H,2,6-10H2,1H3;1H/t12-;/m1./s1. The quantitative estimate of drug-likeness (QED) is 0.875. The fourth-order valence-electron chi connectivity index (χ4n) is 2.45. The molecule has 0 bridgehead atoms. The zero-order chi connectivity index (χ0) is 13.7. The molecule has 0 saturated carbocycles. The van der Waals surface area contributed by atoms with Crippen molar-refractivity contribution >= 4 is 12.4 Å².